The van der Waals surface area contributed by atoms with Crippen molar-refractivity contribution in [1.29, 1.82) is 0 Å². The number of ether oxygens (including phenoxy) is 1. The van der Waals surface area contributed by atoms with Crippen molar-refractivity contribution in [2.24, 2.45) is 0 Å². The summed E-state index contributed by atoms with van der Waals surface area (Å²) in [5.41, 5.74) is 1.38. The van der Waals surface area contributed by atoms with Gasteiger partial charge >= 0.3 is 0 Å². The zero-order valence-corrected chi connectivity index (χ0v) is 12.2. The Morgan fingerprint density at radius 1 is 1.62 bits per heavy atom. The molecule has 2 rings (SSSR count). The van der Waals surface area contributed by atoms with Gasteiger partial charge < -0.3 is 4.74 Å². The van der Waals surface area contributed by atoms with Crippen molar-refractivity contribution in [3.63, 3.8) is 0 Å². The fourth-order valence-corrected chi connectivity index (χ4v) is 3.26. The van der Waals surface area contributed by atoms with E-state index in [1.165, 1.54) is 5.56 Å². The minimum atomic E-state index is -0.0350. The van der Waals surface area contributed by atoms with Crippen molar-refractivity contribution >= 4 is 27.3 Å². The first-order valence-electron chi connectivity index (χ1n) is 5.56. The molecule has 4 heteroatoms. The summed E-state index contributed by atoms with van der Waals surface area (Å²) in [6.45, 7) is 7.40. The molecule has 1 aromatic rings. The van der Waals surface area contributed by atoms with E-state index in [9.17, 15) is 0 Å². The Kier molecular flexibility index (Phi) is 4.06. The first-order chi connectivity index (χ1) is 7.59. The Hall–Kier alpha value is 0.1000. The Morgan fingerprint density at radius 2 is 2.44 bits per heavy atom. The highest BCUT2D eigenvalue weighted by molar-refractivity contribution is 9.09. The number of thiophene rings is 1. The molecule has 0 amide bonds. The van der Waals surface area contributed by atoms with Crippen LogP contribution in [0.2, 0.25) is 0 Å². The Morgan fingerprint density at radius 3 is 3.06 bits per heavy atom. The van der Waals surface area contributed by atoms with Crippen molar-refractivity contribution in [3.8, 4) is 0 Å². The van der Waals surface area contributed by atoms with E-state index in [1.54, 1.807) is 11.3 Å². The van der Waals surface area contributed by atoms with Crippen LogP contribution < -0.4 is 0 Å². The molecule has 0 radical (unpaired) electrons. The molecule has 1 fully saturated rings. The van der Waals surface area contributed by atoms with Crippen LogP contribution in [0.3, 0.4) is 0 Å². The third kappa shape index (κ3) is 3.29. The van der Waals surface area contributed by atoms with E-state index < -0.39 is 0 Å². The molecule has 2 heterocycles. The lowest BCUT2D eigenvalue weighted by molar-refractivity contribution is -0.128. The zero-order valence-electron chi connectivity index (χ0n) is 9.78. The van der Waals surface area contributed by atoms with Gasteiger partial charge in [0.1, 0.15) is 0 Å². The van der Waals surface area contributed by atoms with Gasteiger partial charge in [0.25, 0.3) is 0 Å². The topological polar surface area (TPSA) is 12.5 Å². The lowest BCUT2D eigenvalue weighted by Crippen LogP contribution is -2.52. The molecule has 1 aliphatic rings. The molecule has 1 aromatic heterocycles. The minimum Gasteiger partial charge on any atom is -0.369 e. The van der Waals surface area contributed by atoms with Crippen LogP contribution in [-0.4, -0.2) is 35.0 Å². The molecule has 1 saturated heterocycles. The summed E-state index contributed by atoms with van der Waals surface area (Å²) in [6, 6.07) is 2.20. The van der Waals surface area contributed by atoms with Crippen LogP contribution in [0.25, 0.3) is 0 Å². The van der Waals surface area contributed by atoms with Crippen LogP contribution in [0.1, 0.15) is 19.4 Å². The van der Waals surface area contributed by atoms with Gasteiger partial charge in [-0.05, 0) is 36.2 Å². The number of rotatable bonds is 3. The van der Waals surface area contributed by atoms with Crippen LogP contribution in [0.4, 0.5) is 0 Å². The van der Waals surface area contributed by atoms with Crippen LogP contribution in [0.5, 0.6) is 0 Å². The average molecular weight is 304 g/mol. The highest BCUT2D eigenvalue weighted by Crippen LogP contribution is 2.23. The molecular weight excluding hydrogens is 286 g/mol. The van der Waals surface area contributed by atoms with Gasteiger partial charge in [-0.1, -0.05) is 15.9 Å². The number of hydrogen-bond donors (Lipinski definition) is 0. The number of hydrogen-bond acceptors (Lipinski definition) is 3. The molecular formula is C12H18BrNOS. The molecule has 0 bridgehead atoms. The maximum atomic E-state index is 5.99. The first-order valence-corrected chi connectivity index (χ1v) is 7.63. The fraction of sp³-hybridized carbons (Fsp3) is 0.667. The quantitative estimate of drug-likeness (QED) is 0.796. The Bertz CT molecular complexity index is 326. The van der Waals surface area contributed by atoms with Gasteiger partial charge in [-0.3, -0.25) is 4.90 Å². The van der Waals surface area contributed by atoms with Gasteiger partial charge in [-0.2, -0.15) is 11.3 Å². The smallest absolute Gasteiger partial charge is 0.0806 e. The van der Waals surface area contributed by atoms with E-state index in [0.717, 1.165) is 25.0 Å². The van der Waals surface area contributed by atoms with Crippen LogP contribution in [0.15, 0.2) is 16.8 Å². The molecule has 0 aromatic carbocycles. The average Bonchev–Trinajstić information content (AvgIpc) is 2.67. The second kappa shape index (κ2) is 5.17. The van der Waals surface area contributed by atoms with Crippen molar-refractivity contribution in [2.45, 2.75) is 32.1 Å². The second-order valence-electron chi connectivity index (χ2n) is 4.96. The number of morpholine rings is 1. The summed E-state index contributed by atoms with van der Waals surface area (Å²) in [7, 11) is 0. The molecule has 0 aliphatic carbocycles. The zero-order chi connectivity index (χ0) is 11.6. The van der Waals surface area contributed by atoms with Gasteiger partial charge in [0.05, 0.1) is 11.7 Å². The van der Waals surface area contributed by atoms with E-state index in [1.807, 2.05) is 0 Å². The Balaban J connectivity index is 1.99. The maximum absolute atomic E-state index is 5.99. The van der Waals surface area contributed by atoms with Gasteiger partial charge in [0.15, 0.2) is 0 Å². The van der Waals surface area contributed by atoms with Gasteiger partial charge in [0, 0.05) is 25.0 Å². The van der Waals surface area contributed by atoms with E-state index in [2.05, 4.69) is 51.5 Å². The lowest BCUT2D eigenvalue weighted by atomic mass is 10.1. The monoisotopic (exact) mass is 303 g/mol. The molecule has 90 valence electrons. The molecule has 0 N–H and O–H groups in total. The second-order valence-corrected chi connectivity index (χ2v) is 6.38. The molecule has 2 nitrogen and oxygen atoms in total. The van der Waals surface area contributed by atoms with Gasteiger partial charge in [0.2, 0.25) is 0 Å². The van der Waals surface area contributed by atoms with E-state index >= 15 is 0 Å². The number of alkyl halides is 1. The van der Waals surface area contributed by atoms with E-state index in [0.29, 0.717) is 6.10 Å². The molecule has 1 atom stereocenters. The summed E-state index contributed by atoms with van der Waals surface area (Å²) >= 11 is 5.29. The summed E-state index contributed by atoms with van der Waals surface area (Å²) in [6.07, 6.45) is 0.308. The first kappa shape index (κ1) is 12.6. The largest absolute Gasteiger partial charge is 0.369 e. The summed E-state index contributed by atoms with van der Waals surface area (Å²) in [4.78, 5) is 2.48. The number of halogens is 1. The maximum Gasteiger partial charge on any atom is 0.0806 e. The van der Waals surface area contributed by atoms with Crippen molar-refractivity contribution in [2.75, 3.05) is 18.4 Å². The third-order valence-electron chi connectivity index (χ3n) is 2.71. The predicted octanol–water partition coefficient (Wildman–Crippen LogP) is 3.12. The highest BCUT2D eigenvalue weighted by Gasteiger charge is 2.32. The summed E-state index contributed by atoms with van der Waals surface area (Å²) in [5, 5.41) is 5.28. The van der Waals surface area contributed by atoms with Crippen molar-refractivity contribution < 1.29 is 4.74 Å². The summed E-state index contributed by atoms with van der Waals surface area (Å²) < 4.78 is 5.99. The van der Waals surface area contributed by atoms with Crippen LogP contribution in [0, 0.1) is 0 Å². The van der Waals surface area contributed by atoms with E-state index in [4.69, 9.17) is 4.74 Å². The molecule has 16 heavy (non-hydrogen) atoms. The molecule has 1 unspecified atom stereocenters. The molecule has 0 spiro atoms. The van der Waals surface area contributed by atoms with Crippen LogP contribution in [-0.2, 0) is 11.3 Å². The SMILES string of the molecule is CC1(C)CN(Cc2ccsc2)CC(CBr)O1. The van der Waals surface area contributed by atoms with Gasteiger partial charge in [-0.25, -0.2) is 0 Å². The third-order valence-corrected chi connectivity index (χ3v) is 4.16. The Labute approximate surface area is 110 Å². The summed E-state index contributed by atoms with van der Waals surface area (Å²) in [5.74, 6) is 0. The number of nitrogens with zero attached hydrogens (tertiary/aromatic N) is 1. The minimum absolute atomic E-state index is 0.0350. The highest BCUT2D eigenvalue weighted by atomic mass is 79.9. The normalized spacial score (nSPS) is 25.8. The predicted molar refractivity (Wildman–Crippen MR) is 72.3 cm³/mol. The van der Waals surface area contributed by atoms with Gasteiger partial charge in [-0.15, -0.1) is 0 Å². The fourth-order valence-electron chi connectivity index (χ4n) is 2.26. The molecule has 0 saturated carbocycles. The van der Waals surface area contributed by atoms with E-state index in [-0.39, 0.29) is 5.60 Å². The van der Waals surface area contributed by atoms with Crippen molar-refractivity contribution in [1.82, 2.24) is 4.90 Å². The molecule has 1 aliphatic heterocycles. The van der Waals surface area contributed by atoms with Crippen molar-refractivity contribution in [3.05, 3.63) is 22.4 Å². The lowest BCUT2D eigenvalue weighted by Gasteiger charge is -2.42. The van der Waals surface area contributed by atoms with Crippen LogP contribution >= 0.6 is 27.3 Å². The standard InChI is InChI=1S/C12H18BrNOS/c1-12(2)9-14(7-11(5-13)15-12)6-10-3-4-16-8-10/h3-4,8,11H,5-7,9H2,1-2H3.